The number of urea groups is 1. The molecule has 0 heterocycles. The lowest BCUT2D eigenvalue weighted by molar-refractivity contribution is -0.137. The molecular weight excluding hydrogens is 319 g/mol. The molecule has 0 aliphatic carbocycles. The zero-order valence-electron chi connectivity index (χ0n) is 11.7. The number of anilines is 1. The molecule has 0 radical (unpaired) electrons. The van der Waals surface area contributed by atoms with Crippen molar-refractivity contribution in [1.82, 2.24) is 4.90 Å². The summed E-state index contributed by atoms with van der Waals surface area (Å²) in [5.41, 5.74) is 0.403. The molecule has 0 aromatic heterocycles. The summed E-state index contributed by atoms with van der Waals surface area (Å²) in [5, 5.41) is 11.7. The number of carbonyl (C=O) groups is 2. The molecule has 2 amide bonds. The number of rotatable bonds is 6. The molecule has 0 unspecified atom stereocenters. The molecule has 0 fully saturated rings. The summed E-state index contributed by atoms with van der Waals surface area (Å²) in [6.45, 7) is 2.32. The third-order valence-electron chi connectivity index (χ3n) is 2.55. The molecule has 0 saturated heterocycles. The van der Waals surface area contributed by atoms with Crippen molar-refractivity contribution in [3.05, 3.63) is 22.2 Å². The van der Waals surface area contributed by atoms with E-state index in [1.54, 1.807) is 6.92 Å². The predicted octanol–water partition coefficient (Wildman–Crippen LogP) is 3.33. The van der Waals surface area contributed by atoms with Gasteiger partial charge in [0.25, 0.3) is 0 Å². The third kappa shape index (κ3) is 5.32. The zero-order valence-corrected chi connectivity index (χ0v) is 13.2. The SMILES string of the molecule is CCOc1c(Cl)cc(NC(=O)N(C)CCC(=O)O)cc1Cl. The Morgan fingerprint density at radius 3 is 2.38 bits per heavy atom. The predicted molar refractivity (Wildman–Crippen MR) is 81.5 cm³/mol. The Morgan fingerprint density at radius 1 is 1.33 bits per heavy atom. The normalized spacial score (nSPS) is 10.1. The van der Waals surface area contributed by atoms with Gasteiger partial charge in [0, 0.05) is 19.3 Å². The lowest BCUT2D eigenvalue weighted by atomic mass is 10.3. The molecule has 1 aromatic rings. The first-order chi connectivity index (χ1) is 9.85. The van der Waals surface area contributed by atoms with Crippen molar-refractivity contribution in [2.24, 2.45) is 0 Å². The molecule has 0 saturated carbocycles. The number of carboxylic acids is 1. The van der Waals surface area contributed by atoms with Crippen LogP contribution in [0.2, 0.25) is 10.0 Å². The van der Waals surface area contributed by atoms with Crippen molar-refractivity contribution in [3.8, 4) is 5.75 Å². The molecule has 21 heavy (non-hydrogen) atoms. The highest BCUT2D eigenvalue weighted by Gasteiger charge is 2.14. The molecule has 0 bridgehead atoms. The summed E-state index contributed by atoms with van der Waals surface area (Å²) < 4.78 is 5.29. The first kappa shape index (κ1) is 17.4. The molecular formula is C13H16Cl2N2O4. The fourth-order valence-corrected chi connectivity index (χ4v) is 2.09. The highest BCUT2D eigenvalue weighted by Crippen LogP contribution is 2.36. The highest BCUT2D eigenvalue weighted by molar-refractivity contribution is 6.37. The number of carboxylic acid groups (broad SMARTS) is 1. The molecule has 0 spiro atoms. The largest absolute Gasteiger partial charge is 0.491 e. The van der Waals surface area contributed by atoms with Gasteiger partial charge in [-0.25, -0.2) is 4.79 Å². The average molecular weight is 335 g/mol. The summed E-state index contributed by atoms with van der Waals surface area (Å²) in [4.78, 5) is 23.6. The third-order valence-corrected chi connectivity index (χ3v) is 3.11. The van der Waals surface area contributed by atoms with Crippen molar-refractivity contribution in [2.45, 2.75) is 13.3 Å². The summed E-state index contributed by atoms with van der Waals surface area (Å²) in [6.07, 6.45) is -0.130. The van der Waals surface area contributed by atoms with Gasteiger partial charge < -0.3 is 20.1 Å². The second-order valence-electron chi connectivity index (χ2n) is 4.20. The number of aliphatic carboxylic acids is 1. The molecule has 0 atom stereocenters. The van der Waals surface area contributed by atoms with Crippen molar-refractivity contribution < 1.29 is 19.4 Å². The Balaban J connectivity index is 2.74. The molecule has 1 aromatic carbocycles. The van der Waals surface area contributed by atoms with Crippen LogP contribution in [0.4, 0.5) is 10.5 Å². The Labute approximate surface area is 132 Å². The molecule has 2 N–H and O–H groups in total. The standard InChI is InChI=1S/C13H16Cl2N2O4/c1-3-21-12-9(14)6-8(7-10(12)15)16-13(20)17(2)5-4-11(18)19/h6-7H,3-5H2,1-2H3,(H,16,20)(H,18,19). The van der Waals surface area contributed by atoms with Crippen molar-refractivity contribution in [3.63, 3.8) is 0 Å². The summed E-state index contributed by atoms with van der Waals surface area (Å²) in [5.74, 6) is -0.611. The lowest BCUT2D eigenvalue weighted by Crippen LogP contribution is -2.33. The number of hydrogen-bond donors (Lipinski definition) is 2. The Bertz CT molecular complexity index is 514. The van der Waals surface area contributed by atoms with Gasteiger partial charge in [0.15, 0.2) is 5.75 Å². The lowest BCUT2D eigenvalue weighted by Gasteiger charge is -2.17. The van der Waals surface area contributed by atoms with E-state index in [4.69, 9.17) is 33.0 Å². The van der Waals surface area contributed by atoms with Gasteiger partial charge in [-0.15, -0.1) is 0 Å². The van der Waals surface area contributed by atoms with Crippen LogP contribution in [0.1, 0.15) is 13.3 Å². The van der Waals surface area contributed by atoms with Crippen LogP contribution in [0.3, 0.4) is 0 Å². The van der Waals surface area contributed by atoms with E-state index in [-0.39, 0.29) is 23.0 Å². The van der Waals surface area contributed by atoms with Gasteiger partial charge in [-0.05, 0) is 19.1 Å². The Kier molecular flexibility index (Phi) is 6.58. The quantitative estimate of drug-likeness (QED) is 0.836. The van der Waals surface area contributed by atoms with Crippen LogP contribution in [0.5, 0.6) is 5.75 Å². The smallest absolute Gasteiger partial charge is 0.321 e. The van der Waals surface area contributed by atoms with Crippen LogP contribution < -0.4 is 10.1 Å². The van der Waals surface area contributed by atoms with Gasteiger partial charge in [0.05, 0.1) is 23.1 Å². The second kappa shape index (κ2) is 7.95. The second-order valence-corrected chi connectivity index (χ2v) is 5.01. The van der Waals surface area contributed by atoms with E-state index in [9.17, 15) is 9.59 Å². The molecule has 0 aliphatic heterocycles. The van der Waals surface area contributed by atoms with Crippen LogP contribution in [0.25, 0.3) is 0 Å². The molecule has 1 rings (SSSR count). The molecule has 6 nitrogen and oxygen atoms in total. The van der Waals surface area contributed by atoms with Gasteiger partial charge in [0.1, 0.15) is 0 Å². The maximum absolute atomic E-state index is 11.9. The van der Waals surface area contributed by atoms with Crippen LogP contribution in [0, 0.1) is 0 Å². The Hall–Kier alpha value is -1.66. The van der Waals surface area contributed by atoms with E-state index in [1.165, 1.54) is 24.1 Å². The minimum absolute atomic E-state index is 0.0969. The average Bonchev–Trinajstić information content (AvgIpc) is 2.40. The van der Waals surface area contributed by atoms with E-state index >= 15 is 0 Å². The summed E-state index contributed by atoms with van der Waals surface area (Å²) in [7, 11) is 1.50. The van der Waals surface area contributed by atoms with Gasteiger partial charge in [-0.1, -0.05) is 23.2 Å². The number of nitrogens with zero attached hydrogens (tertiary/aromatic N) is 1. The number of amides is 2. The van der Waals surface area contributed by atoms with Gasteiger partial charge in [0.2, 0.25) is 0 Å². The van der Waals surface area contributed by atoms with Crippen LogP contribution in [-0.2, 0) is 4.79 Å². The highest BCUT2D eigenvalue weighted by atomic mass is 35.5. The van der Waals surface area contributed by atoms with Gasteiger partial charge in [-0.2, -0.15) is 0 Å². The monoisotopic (exact) mass is 334 g/mol. The maximum atomic E-state index is 11.9. The minimum Gasteiger partial charge on any atom is -0.491 e. The van der Waals surface area contributed by atoms with E-state index in [1.807, 2.05) is 0 Å². The van der Waals surface area contributed by atoms with Crippen LogP contribution in [-0.4, -0.2) is 42.2 Å². The van der Waals surface area contributed by atoms with E-state index in [0.29, 0.717) is 18.0 Å². The summed E-state index contributed by atoms with van der Waals surface area (Å²) in [6, 6.07) is 2.58. The maximum Gasteiger partial charge on any atom is 0.321 e. The fraction of sp³-hybridized carbons (Fsp3) is 0.385. The zero-order chi connectivity index (χ0) is 16.0. The van der Waals surface area contributed by atoms with E-state index in [0.717, 1.165) is 0 Å². The van der Waals surface area contributed by atoms with Crippen LogP contribution >= 0.6 is 23.2 Å². The topological polar surface area (TPSA) is 78.9 Å². The van der Waals surface area contributed by atoms with E-state index in [2.05, 4.69) is 5.32 Å². The van der Waals surface area contributed by atoms with E-state index < -0.39 is 12.0 Å². The van der Waals surface area contributed by atoms with Crippen molar-refractivity contribution >= 4 is 40.9 Å². The first-order valence-corrected chi connectivity index (χ1v) is 6.96. The van der Waals surface area contributed by atoms with Crippen molar-refractivity contribution in [2.75, 3.05) is 25.5 Å². The first-order valence-electron chi connectivity index (χ1n) is 6.21. The van der Waals surface area contributed by atoms with Crippen LogP contribution in [0.15, 0.2) is 12.1 Å². The number of halogens is 2. The van der Waals surface area contributed by atoms with Gasteiger partial charge >= 0.3 is 12.0 Å². The number of ether oxygens (including phenoxy) is 1. The Morgan fingerprint density at radius 2 is 1.90 bits per heavy atom. The number of hydrogen-bond acceptors (Lipinski definition) is 3. The molecule has 116 valence electrons. The molecule has 0 aliphatic rings. The summed E-state index contributed by atoms with van der Waals surface area (Å²) >= 11 is 12.1. The number of carbonyl (C=O) groups excluding carboxylic acids is 1. The van der Waals surface area contributed by atoms with Crippen molar-refractivity contribution in [1.29, 1.82) is 0 Å². The molecule has 8 heteroatoms. The number of nitrogens with one attached hydrogen (secondary N) is 1. The minimum atomic E-state index is -0.971. The number of benzene rings is 1. The fourth-order valence-electron chi connectivity index (χ4n) is 1.50. The van der Waals surface area contributed by atoms with Gasteiger partial charge in [-0.3, -0.25) is 4.79 Å².